The Morgan fingerprint density at radius 1 is 1.12 bits per heavy atom. The molecule has 0 radical (unpaired) electrons. The number of aliphatic imine (C=N–C) groups is 1. The quantitative estimate of drug-likeness (QED) is 0.602. The van der Waals surface area contributed by atoms with Crippen molar-refractivity contribution in [1.82, 2.24) is 10.2 Å². The molecule has 0 spiro atoms. The van der Waals surface area contributed by atoms with Gasteiger partial charge in [0.1, 0.15) is 11.0 Å². The number of rotatable bonds is 8. The number of anilines is 1. The number of amides is 3. The third-order valence-electron chi connectivity index (χ3n) is 5.78. The van der Waals surface area contributed by atoms with Crippen LogP contribution < -0.4 is 15.4 Å². The number of hydrogen-bond donors (Lipinski definition) is 2. The van der Waals surface area contributed by atoms with Crippen molar-refractivity contribution in [3.63, 3.8) is 0 Å². The molecule has 2 N–H and O–H groups in total. The number of likely N-dealkylation sites (tertiary alicyclic amines) is 1. The summed E-state index contributed by atoms with van der Waals surface area (Å²) >= 11 is 1.37. The van der Waals surface area contributed by atoms with Crippen molar-refractivity contribution in [2.45, 2.75) is 30.9 Å². The number of carbonyl (C=O) groups is 3. The first-order valence-electron chi connectivity index (χ1n) is 11.4. The van der Waals surface area contributed by atoms with Crippen molar-refractivity contribution in [1.29, 1.82) is 0 Å². The van der Waals surface area contributed by atoms with Crippen molar-refractivity contribution < 1.29 is 19.1 Å². The molecule has 0 aliphatic carbocycles. The molecule has 4 rings (SSSR count). The number of hydrogen-bond acceptors (Lipinski definition) is 6. The van der Waals surface area contributed by atoms with Crippen LogP contribution in [0.1, 0.15) is 35.2 Å². The smallest absolute Gasteiger partial charge is 0.262 e. The standard InChI is InChI=1S/C25H28N4O4S/c1-33-20-7-3-2-6-17(20)12-13-26-23(31)18-8-10-19(11-9-18)27-22(30)16-21-24(32)28-25(34-21)29-14-4-5-15-29/h2-3,6-11,21H,4-5,12-16H2,1H3,(H,26,31)(H,27,30)/t21-/m0/s1. The molecule has 0 saturated carbocycles. The first kappa shape index (κ1) is 23.8. The normalized spacial score (nSPS) is 17.4. The monoisotopic (exact) mass is 480 g/mol. The Kier molecular flexibility index (Phi) is 7.84. The maximum absolute atomic E-state index is 12.5. The van der Waals surface area contributed by atoms with E-state index in [1.807, 2.05) is 24.3 Å². The largest absolute Gasteiger partial charge is 0.496 e. The molecule has 9 heteroatoms. The second kappa shape index (κ2) is 11.2. The zero-order valence-electron chi connectivity index (χ0n) is 19.1. The summed E-state index contributed by atoms with van der Waals surface area (Å²) in [5.41, 5.74) is 2.11. The highest BCUT2D eigenvalue weighted by Crippen LogP contribution is 2.29. The van der Waals surface area contributed by atoms with E-state index in [-0.39, 0.29) is 24.1 Å². The number of carbonyl (C=O) groups excluding carboxylic acids is 3. The van der Waals surface area contributed by atoms with E-state index < -0.39 is 5.25 Å². The van der Waals surface area contributed by atoms with Gasteiger partial charge in [0, 0.05) is 37.3 Å². The molecule has 3 amide bonds. The van der Waals surface area contributed by atoms with Crippen LogP contribution in [0.25, 0.3) is 0 Å². The molecule has 0 aromatic heterocycles. The van der Waals surface area contributed by atoms with Crippen LogP contribution >= 0.6 is 11.8 Å². The van der Waals surface area contributed by atoms with Gasteiger partial charge in [0.15, 0.2) is 5.17 Å². The molecule has 2 heterocycles. The van der Waals surface area contributed by atoms with Gasteiger partial charge in [0.05, 0.1) is 7.11 Å². The Balaban J connectivity index is 1.23. The molecule has 1 fully saturated rings. The maximum Gasteiger partial charge on any atom is 0.262 e. The molecule has 1 saturated heterocycles. The maximum atomic E-state index is 12.5. The first-order valence-corrected chi connectivity index (χ1v) is 12.3. The van der Waals surface area contributed by atoms with Crippen molar-refractivity contribution in [2.75, 3.05) is 32.1 Å². The van der Waals surface area contributed by atoms with E-state index in [9.17, 15) is 14.4 Å². The van der Waals surface area contributed by atoms with Crippen LogP contribution in [0.2, 0.25) is 0 Å². The molecular formula is C25H28N4O4S. The number of para-hydroxylation sites is 1. The fourth-order valence-electron chi connectivity index (χ4n) is 3.96. The first-order chi connectivity index (χ1) is 16.5. The molecule has 2 aliphatic heterocycles. The molecule has 1 atom stereocenters. The number of methoxy groups -OCH3 is 1. The molecule has 2 aliphatic rings. The summed E-state index contributed by atoms with van der Waals surface area (Å²) in [7, 11) is 1.63. The zero-order chi connectivity index (χ0) is 23.9. The Labute approximate surface area is 203 Å². The van der Waals surface area contributed by atoms with Crippen LogP contribution in [0, 0.1) is 0 Å². The molecular weight excluding hydrogens is 452 g/mol. The molecule has 2 aromatic rings. The van der Waals surface area contributed by atoms with Gasteiger partial charge in [-0.15, -0.1) is 0 Å². The minimum absolute atomic E-state index is 0.0650. The van der Waals surface area contributed by atoms with Crippen molar-refractivity contribution in [3.05, 3.63) is 59.7 Å². The Morgan fingerprint density at radius 3 is 2.59 bits per heavy atom. The van der Waals surface area contributed by atoms with Crippen LogP contribution in [-0.2, 0) is 16.0 Å². The van der Waals surface area contributed by atoms with Crippen molar-refractivity contribution in [2.24, 2.45) is 4.99 Å². The highest BCUT2D eigenvalue weighted by molar-refractivity contribution is 8.15. The Bertz CT molecular complexity index is 1080. The lowest BCUT2D eigenvalue weighted by Crippen LogP contribution is -2.26. The number of nitrogens with one attached hydrogen (secondary N) is 2. The number of benzene rings is 2. The summed E-state index contributed by atoms with van der Waals surface area (Å²) in [6.07, 6.45) is 2.93. The SMILES string of the molecule is COc1ccccc1CCNC(=O)c1ccc(NC(=O)C[C@@H]2SC(N3CCCC3)=NC2=O)cc1. The topological polar surface area (TPSA) is 100 Å². The van der Waals surface area contributed by atoms with Gasteiger partial charge in [0.25, 0.3) is 11.8 Å². The molecule has 178 valence electrons. The van der Waals surface area contributed by atoms with Gasteiger partial charge in [-0.2, -0.15) is 4.99 Å². The third kappa shape index (κ3) is 5.96. The Hall–Kier alpha value is -3.33. The summed E-state index contributed by atoms with van der Waals surface area (Å²) in [5.74, 6) is 0.112. The average molecular weight is 481 g/mol. The second-order valence-electron chi connectivity index (χ2n) is 8.18. The summed E-state index contributed by atoms with van der Waals surface area (Å²) in [6.45, 7) is 2.31. The van der Waals surface area contributed by atoms with Gasteiger partial charge in [-0.1, -0.05) is 30.0 Å². The van der Waals surface area contributed by atoms with Crippen LogP contribution in [0.15, 0.2) is 53.5 Å². The minimum Gasteiger partial charge on any atom is -0.496 e. The lowest BCUT2D eigenvalue weighted by Gasteiger charge is -2.16. The molecule has 2 aromatic carbocycles. The van der Waals surface area contributed by atoms with Gasteiger partial charge in [0.2, 0.25) is 5.91 Å². The van der Waals surface area contributed by atoms with E-state index in [4.69, 9.17) is 4.74 Å². The summed E-state index contributed by atoms with van der Waals surface area (Å²) in [4.78, 5) is 43.3. The molecule has 0 bridgehead atoms. The molecule has 0 unspecified atom stereocenters. The van der Waals surface area contributed by atoms with E-state index in [0.717, 1.165) is 42.4 Å². The van der Waals surface area contributed by atoms with Crippen LogP contribution in [0.4, 0.5) is 5.69 Å². The average Bonchev–Trinajstić information content (AvgIpc) is 3.50. The lowest BCUT2D eigenvalue weighted by atomic mass is 10.1. The number of thioether (sulfide) groups is 1. The van der Waals surface area contributed by atoms with Gasteiger partial charge >= 0.3 is 0 Å². The third-order valence-corrected chi connectivity index (χ3v) is 6.99. The highest BCUT2D eigenvalue weighted by atomic mass is 32.2. The van der Waals surface area contributed by atoms with E-state index in [0.29, 0.717) is 24.2 Å². The highest BCUT2D eigenvalue weighted by Gasteiger charge is 2.33. The summed E-state index contributed by atoms with van der Waals surface area (Å²) < 4.78 is 5.33. The van der Waals surface area contributed by atoms with Crippen LogP contribution in [0.5, 0.6) is 5.75 Å². The van der Waals surface area contributed by atoms with Gasteiger partial charge < -0.3 is 20.3 Å². The van der Waals surface area contributed by atoms with Crippen molar-refractivity contribution in [3.8, 4) is 5.75 Å². The zero-order valence-corrected chi connectivity index (χ0v) is 19.9. The van der Waals surface area contributed by atoms with Gasteiger partial charge in [-0.3, -0.25) is 14.4 Å². The van der Waals surface area contributed by atoms with Crippen LogP contribution in [0.3, 0.4) is 0 Å². The number of amidine groups is 1. The van der Waals surface area contributed by atoms with E-state index in [1.54, 1.807) is 31.4 Å². The molecule has 8 nitrogen and oxygen atoms in total. The number of nitrogens with zero attached hydrogens (tertiary/aromatic N) is 2. The molecule has 34 heavy (non-hydrogen) atoms. The second-order valence-corrected chi connectivity index (χ2v) is 9.35. The number of ether oxygens (including phenoxy) is 1. The lowest BCUT2D eigenvalue weighted by molar-refractivity contribution is -0.121. The van der Waals surface area contributed by atoms with E-state index >= 15 is 0 Å². The predicted molar refractivity (Wildman–Crippen MR) is 133 cm³/mol. The minimum atomic E-state index is -0.483. The fraction of sp³-hybridized carbons (Fsp3) is 0.360. The van der Waals surface area contributed by atoms with Crippen LogP contribution in [-0.4, -0.2) is 59.8 Å². The van der Waals surface area contributed by atoms with Crippen molar-refractivity contribution >= 4 is 40.3 Å². The van der Waals surface area contributed by atoms with Gasteiger partial charge in [-0.25, -0.2) is 0 Å². The van der Waals surface area contributed by atoms with E-state index in [2.05, 4.69) is 20.5 Å². The summed E-state index contributed by atoms with van der Waals surface area (Å²) in [6, 6.07) is 14.4. The predicted octanol–water partition coefficient (Wildman–Crippen LogP) is 3.09. The fourth-order valence-corrected chi connectivity index (χ4v) is 5.08. The Morgan fingerprint density at radius 2 is 1.85 bits per heavy atom. The van der Waals surface area contributed by atoms with Gasteiger partial charge in [-0.05, 0) is 55.2 Å². The van der Waals surface area contributed by atoms with E-state index in [1.165, 1.54) is 11.8 Å². The summed E-state index contributed by atoms with van der Waals surface area (Å²) in [5, 5.41) is 5.96.